The Bertz CT molecular complexity index is 293. The summed E-state index contributed by atoms with van der Waals surface area (Å²) in [4.78, 5) is 4.21. The summed E-state index contributed by atoms with van der Waals surface area (Å²) in [6.07, 6.45) is 6.84. The van der Waals surface area contributed by atoms with Crippen molar-refractivity contribution in [2.75, 3.05) is 0 Å². The molecule has 1 aromatic rings. The van der Waals surface area contributed by atoms with E-state index >= 15 is 0 Å². The van der Waals surface area contributed by atoms with Crippen molar-refractivity contribution in [2.45, 2.75) is 59.0 Å². The summed E-state index contributed by atoms with van der Waals surface area (Å²) < 4.78 is 1.93. The molecule has 0 aromatic carbocycles. The fourth-order valence-electron chi connectivity index (χ4n) is 1.79. The summed E-state index contributed by atoms with van der Waals surface area (Å²) in [5.41, 5.74) is 5.73. The van der Waals surface area contributed by atoms with Gasteiger partial charge in [-0.15, -0.1) is 0 Å². The van der Waals surface area contributed by atoms with Gasteiger partial charge < -0.3 is 5.73 Å². The Morgan fingerprint density at radius 1 is 1.44 bits per heavy atom. The highest BCUT2D eigenvalue weighted by Gasteiger charge is 2.10. The summed E-state index contributed by atoms with van der Waals surface area (Å²) in [7, 11) is 0. The second-order valence-electron chi connectivity index (χ2n) is 4.53. The van der Waals surface area contributed by atoms with Crippen LogP contribution in [0.15, 0.2) is 6.33 Å². The molecule has 0 radical (unpaired) electrons. The first-order valence-electron chi connectivity index (χ1n) is 6.32. The zero-order chi connectivity index (χ0) is 12.0. The molecule has 4 nitrogen and oxygen atoms in total. The lowest BCUT2D eigenvalue weighted by molar-refractivity contribution is 0.370. The molecule has 0 aliphatic heterocycles. The van der Waals surface area contributed by atoms with E-state index in [2.05, 4.69) is 23.9 Å². The molecule has 0 saturated carbocycles. The van der Waals surface area contributed by atoms with Crippen molar-refractivity contribution in [1.29, 1.82) is 0 Å². The van der Waals surface area contributed by atoms with E-state index in [-0.39, 0.29) is 6.04 Å². The van der Waals surface area contributed by atoms with Crippen LogP contribution in [-0.4, -0.2) is 14.8 Å². The van der Waals surface area contributed by atoms with Gasteiger partial charge in [0.05, 0.1) is 6.04 Å². The molecule has 0 amide bonds. The standard InChI is InChI=1S/C12H24N4/c1-4-6-7-11(5-2)8-16-9-14-12(15-16)10(3)13/h9-11H,4-8,13H2,1-3H3. The molecule has 4 heteroatoms. The molecule has 1 rings (SSSR count). The van der Waals surface area contributed by atoms with Crippen LogP contribution in [-0.2, 0) is 6.54 Å². The van der Waals surface area contributed by atoms with Crippen LogP contribution < -0.4 is 5.73 Å². The molecule has 0 bridgehead atoms. The van der Waals surface area contributed by atoms with Gasteiger partial charge in [-0.3, -0.25) is 4.68 Å². The number of unbranched alkanes of at least 4 members (excludes halogenated alkanes) is 1. The van der Waals surface area contributed by atoms with Crippen molar-refractivity contribution in [3.63, 3.8) is 0 Å². The molecule has 2 N–H and O–H groups in total. The highest BCUT2D eigenvalue weighted by molar-refractivity contribution is 4.87. The van der Waals surface area contributed by atoms with E-state index in [4.69, 9.17) is 5.73 Å². The van der Waals surface area contributed by atoms with Gasteiger partial charge in [0, 0.05) is 6.54 Å². The van der Waals surface area contributed by atoms with Crippen LogP contribution in [0.3, 0.4) is 0 Å². The molecular weight excluding hydrogens is 200 g/mol. The normalized spacial score (nSPS) is 15.0. The molecule has 92 valence electrons. The van der Waals surface area contributed by atoms with Gasteiger partial charge in [0.1, 0.15) is 6.33 Å². The van der Waals surface area contributed by atoms with E-state index in [0.29, 0.717) is 5.92 Å². The Hall–Kier alpha value is -0.900. The monoisotopic (exact) mass is 224 g/mol. The van der Waals surface area contributed by atoms with E-state index < -0.39 is 0 Å². The first kappa shape index (κ1) is 13.2. The molecule has 16 heavy (non-hydrogen) atoms. The Labute approximate surface area is 98.2 Å². The lowest BCUT2D eigenvalue weighted by atomic mass is 10.00. The summed E-state index contributed by atoms with van der Waals surface area (Å²) in [5.74, 6) is 1.45. The minimum atomic E-state index is -0.0723. The van der Waals surface area contributed by atoms with Crippen LogP contribution in [0.4, 0.5) is 0 Å². The number of hydrogen-bond donors (Lipinski definition) is 1. The molecule has 1 heterocycles. The predicted molar refractivity (Wildman–Crippen MR) is 65.9 cm³/mol. The van der Waals surface area contributed by atoms with Crippen LogP contribution >= 0.6 is 0 Å². The number of hydrogen-bond acceptors (Lipinski definition) is 3. The van der Waals surface area contributed by atoms with Crippen molar-refractivity contribution in [1.82, 2.24) is 14.8 Å². The highest BCUT2D eigenvalue weighted by atomic mass is 15.3. The Balaban J connectivity index is 2.49. The van der Waals surface area contributed by atoms with Crippen molar-refractivity contribution in [3.8, 4) is 0 Å². The van der Waals surface area contributed by atoms with Gasteiger partial charge in [-0.05, 0) is 19.3 Å². The smallest absolute Gasteiger partial charge is 0.166 e. The van der Waals surface area contributed by atoms with Crippen LogP contribution in [0, 0.1) is 5.92 Å². The SMILES string of the molecule is CCCCC(CC)Cn1cnc(C(C)N)n1. The van der Waals surface area contributed by atoms with Crippen LogP contribution in [0.1, 0.15) is 58.3 Å². The van der Waals surface area contributed by atoms with E-state index in [0.717, 1.165) is 12.4 Å². The van der Waals surface area contributed by atoms with Crippen LogP contribution in [0.5, 0.6) is 0 Å². The van der Waals surface area contributed by atoms with Crippen molar-refractivity contribution >= 4 is 0 Å². The van der Waals surface area contributed by atoms with E-state index in [9.17, 15) is 0 Å². The molecule has 0 saturated heterocycles. The summed E-state index contributed by atoms with van der Waals surface area (Å²) in [6, 6.07) is -0.0723. The molecule has 2 unspecified atom stereocenters. The minimum absolute atomic E-state index is 0.0723. The fraction of sp³-hybridized carbons (Fsp3) is 0.833. The minimum Gasteiger partial charge on any atom is -0.321 e. The Kier molecular flexibility index (Phi) is 5.46. The van der Waals surface area contributed by atoms with E-state index in [1.807, 2.05) is 11.6 Å². The average Bonchev–Trinajstić information content (AvgIpc) is 2.72. The van der Waals surface area contributed by atoms with Gasteiger partial charge in [0.2, 0.25) is 0 Å². The van der Waals surface area contributed by atoms with Gasteiger partial charge in [0.15, 0.2) is 5.82 Å². The third-order valence-corrected chi connectivity index (χ3v) is 2.95. The maximum absolute atomic E-state index is 5.73. The number of nitrogens with zero attached hydrogens (tertiary/aromatic N) is 3. The third kappa shape index (κ3) is 3.93. The summed E-state index contributed by atoms with van der Waals surface area (Å²) >= 11 is 0. The van der Waals surface area contributed by atoms with E-state index in [1.54, 1.807) is 6.33 Å². The second-order valence-corrected chi connectivity index (χ2v) is 4.53. The third-order valence-electron chi connectivity index (χ3n) is 2.95. The largest absolute Gasteiger partial charge is 0.321 e. The lowest BCUT2D eigenvalue weighted by Gasteiger charge is -2.13. The molecular formula is C12H24N4. The summed E-state index contributed by atoms with van der Waals surface area (Å²) in [5, 5.41) is 4.39. The van der Waals surface area contributed by atoms with Gasteiger partial charge in [-0.2, -0.15) is 5.10 Å². The average molecular weight is 224 g/mol. The van der Waals surface area contributed by atoms with Crippen LogP contribution in [0.25, 0.3) is 0 Å². The molecule has 2 atom stereocenters. The zero-order valence-corrected chi connectivity index (χ0v) is 10.7. The first-order chi connectivity index (χ1) is 7.67. The van der Waals surface area contributed by atoms with Gasteiger partial charge in [-0.1, -0.05) is 33.1 Å². The molecule has 0 aliphatic rings. The Morgan fingerprint density at radius 2 is 2.19 bits per heavy atom. The lowest BCUT2D eigenvalue weighted by Crippen LogP contribution is -2.12. The van der Waals surface area contributed by atoms with Gasteiger partial charge in [0.25, 0.3) is 0 Å². The fourth-order valence-corrected chi connectivity index (χ4v) is 1.79. The topological polar surface area (TPSA) is 56.7 Å². The second kappa shape index (κ2) is 6.63. The number of rotatable bonds is 7. The van der Waals surface area contributed by atoms with E-state index in [1.165, 1.54) is 25.7 Å². The highest BCUT2D eigenvalue weighted by Crippen LogP contribution is 2.14. The Morgan fingerprint density at radius 3 is 2.69 bits per heavy atom. The van der Waals surface area contributed by atoms with Gasteiger partial charge in [-0.25, -0.2) is 4.98 Å². The zero-order valence-electron chi connectivity index (χ0n) is 10.7. The maximum atomic E-state index is 5.73. The predicted octanol–water partition coefficient (Wildman–Crippen LogP) is 2.51. The molecule has 0 aliphatic carbocycles. The van der Waals surface area contributed by atoms with Crippen molar-refractivity contribution in [2.24, 2.45) is 11.7 Å². The quantitative estimate of drug-likeness (QED) is 0.774. The van der Waals surface area contributed by atoms with Crippen LogP contribution in [0.2, 0.25) is 0 Å². The maximum Gasteiger partial charge on any atom is 0.166 e. The number of aromatic nitrogens is 3. The molecule has 0 spiro atoms. The summed E-state index contributed by atoms with van der Waals surface area (Å²) in [6.45, 7) is 7.35. The molecule has 0 fully saturated rings. The number of nitrogens with two attached hydrogens (primary N) is 1. The van der Waals surface area contributed by atoms with Gasteiger partial charge >= 0.3 is 0 Å². The first-order valence-corrected chi connectivity index (χ1v) is 6.32. The van der Waals surface area contributed by atoms with Crippen molar-refractivity contribution < 1.29 is 0 Å². The molecule has 1 aromatic heterocycles. The van der Waals surface area contributed by atoms with Crippen molar-refractivity contribution in [3.05, 3.63) is 12.2 Å².